The second-order valence-electron chi connectivity index (χ2n) is 6.24. The summed E-state index contributed by atoms with van der Waals surface area (Å²) in [5.74, 6) is 0. The fourth-order valence-electron chi connectivity index (χ4n) is 3.14. The van der Waals surface area contributed by atoms with Crippen molar-refractivity contribution < 1.29 is 0 Å². The maximum atomic E-state index is 3.78. The molecule has 2 aromatic rings. The Morgan fingerprint density at radius 3 is 2.43 bits per heavy atom. The molecule has 2 aromatic carbocycles. The van der Waals surface area contributed by atoms with Crippen LogP contribution in [0.5, 0.6) is 0 Å². The zero-order valence-electron chi connectivity index (χ0n) is 14.0. The molecule has 0 radical (unpaired) electrons. The van der Waals surface area contributed by atoms with Crippen LogP contribution < -0.4 is 4.72 Å². The Labute approximate surface area is 144 Å². The molecule has 3 rings (SSSR count). The van der Waals surface area contributed by atoms with Gasteiger partial charge in [0.25, 0.3) is 0 Å². The van der Waals surface area contributed by atoms with Gasteiger partial charge in [0, 0.05) is 10.4 Å². The van der Waals surface area contributed by atoms with Crippen LogP contribution in [0.4, 0.5) is 0 Å². The fraction of sp³-hybridized carbons (Fsp3) is 0.333. The molecule has 1 aliphatic heterocycles. The Kier molecular flexibility index (Phi) is 5.24. The van der Waals surface area contributed by atoms with Crippen LogP contribution in [-0.2, 0) is 0 Å². The van der Waals surface area contributed by atoms with Crippen LogP contribution in [0.1, 0.15) is 50.7 Å². The first kappa shape index (κ1) is 16.4. The molecule has 120 valence electrons. The first-order valence-corrected chi connectivity index (χ1v) is 9.41. The van der Waals surface area contributed by atoms with Crippen molar-refractivity contribution in [2.24, 2.45) is 0 Å². The monoisotopic (exact) mass is 323 g/mol. The molecule has 1 nitrogen and oxygen atoms in total. The lowest BCUT2D eigenvalue weighted by atomic mass is 9.85. The van der Waals surface area contributed by atoms with Crippen molar-refractivity contribution >= 4 is 17.5 Å². The molecule has 23 heavy (non-hydrogen) atoms. The molecule has 1 aliphatic rings. The van der Waals surface area contributed by atoms with Crippen molar-refractivity contribution in [2.45, 2.75) is 50.0 Å². The SMILES string of the molecule is CCCCC1(CC)C=C(c2ccccc2)c2ccccc2SN1. The van der Waals surface area contributed by atoms with Crippen molar-refractivity contribution in [1.82, 2.24) is 4.72 Å². The van der Waals surface area contributed by atoms with E-state index in [0.717, 1.165) is 6.42 Å². The van der Waals surface area contributed by atoms with E-state index in [-0.39, 0.29) is 5.54 Å². The Hall–Kier alpha value is -1.51. The summed E-state index contributed by atoms with van der Waals surface area (Å²) in [7, 11) is 0. The average molecular weight is 324 g/mol. The molecule has 0 fully saturated rings. The fourth-order valence-corrected chi connectivity index (χ4v) is 4.19. The van der Waals surface area contributed by atoms with Gasteiger partial charge in [-0.25, -0.2) is 4.72 Å². The van der Waals surface area contributed by atoms with E-state index in [1.807, 2.05) is 0 Å². The number of hydrogen-bond donors (Lipinski definition) is 1. The molecule has 0 aromatic heterocycles. The molecule has 0 aliphatic carbocycles. The van der Waals surface area contributed by atoms with Gasteiger partial charge >= 0.3 is 0 Å². The minimum absolute atomic E-state index is 0.0604. The van der Waals surface area contributed by atoms with Crippen LogP contribution >= 0.6 is 11.9 Å². The number of rotatable bonds is 5. The second kappa shape index (κ2) is 7.37. The molecular weight excluding hydrogens is 298 g/mol. The Bertz CT molecular complexity index is 677. The summed E-state index contributed by atoms with van der Waals surface area (Å²) in [5.41, 5.74) is 4.06. The second-order valence-corrected chi connectivity index (χ2v) is 7.09. The molecule has 1 atom stereocenters. The van der Waals surface area contributed by atoms with Gasteiger partial charge in [0.2, 0.25) is 0 Å². The lowest BCUT2D eigenvalue weighted by Crippen LogP contribution is -2.38. The van der Waals surface area contributed by atoms with Crippen LogP contribution in [0.3, 0.4) is 0 Å². The summed E-state index contributed by atoms with van der Waals surface area (Å²) in [6.07, 6.45) is 7.24. The van der Waals surface area contributed by atoms with E-state index in [4.69, 9.17) is 0 Å². The molecular formula is C21H25NS. The number of nitrogens with one attached hydrogen (secondary N) is 1. The summed E-state index contributed by atoms with van der Waals surface area (Å²) in [5, 5.41) is 0. The Morgan fingerprint density at radius 1 is 0.957 bits per heavy atom. The highest BCUT2D eigenvalue weighted by Crippen LogP contribution is 2.39. The number of unbranched alkanes of at least 4 members (excludes halogenated alkanes) is 1. The van der Waals surface area contributed by atoms with Crippen molar-refractivity contribution in [3.8, 4) is 0 Å². The van der Waals surface area contributed by atoms with E-state index < -0.39 is 0 Å². The summed E-state index contributed by atoms with van der Waals surface area (Å²) >= 11 is 1.79. The molecule has 1 N–H and O–H groups in total. The van der Waals surface area contributed by atoms with Gasteiger partial charge in [0.05, 0.1) is 0 Å². The lowest BCUT2D eigenvalue weighted by Gasteiger charge is -2.30. The third-order valence-corrected chi connectivity index (χ3v) is 5.74. The van der Waals surface area contributed by atoms with Crippen LogP contribution in [0, 0.1) is 0 Å². The minimum Gasteiger partial charge on any atom is -0.250 e. The maximum Gasteiger partial charge on any atom is 0.0471 e. The molecule has 1 unspecified atom stereocenters. The van der Waals surface area contributed by atoms with Gasteiger partial charge in [-0.1, -0.05) is 81.3 Å². The predicted molar refractivity (Wildman–Crippen MR) is 102 cm³/mol. The van der Waals surface area contributed by atoms with E-state index in [1.165, 1.54) is 40.9 Å². The molecule has 0 spiro atoms. The minimum atomic E-state index is 0.0604. The molecule has 0 saturated heterocycles. The molecule has 1 heterocycles. The van der Waals surface area contributed by atoms with Gasteiger partial charge < -0.3 is 0 Å². The maximum absolute atomic E-state index is 3.78. The summed E-state index contributed by atoms with van der Waals surface area (Å²) in [6.45, 7) is 4.56. The van der Waals surface area contributed by atoms with Gasteiger partial charge in [0.1, 0.15) is 0 Å². The summed E-state index contributed by atoms with van der Waals surface area (Å²) in [4.78, 5) is 1.31. The van der Waals surface area contributed by atoms with Crippen LogP contribution in [0.15, 0.2) is 65.6 Å². The van der Waals surface area contributed by atoms with Crippen LogP contribution in [0.2, 0.25) is 0 Å². The summed E-state index contributed by atoms with van der Waals surface area (Å²) in [6, 6.07) is 19.5. The largest absolute Gasteiger partial charge is 0.250 e. The molecule has 0 bridgehead atoms. The van der Waals surface area contributed by atoms with E-state index in [1.54, 1.807) is 11.9 Å². The number of hydrogen-bond acceptors (Lipinski definition) is 2. The first-order chi connectivity index (χ1) is 11.3. The number of fused-ring (bicyclic) bond motifs is 1. The standard InChI is InChI=1S/C21H25NS/c1-3-5-15-21(4-2)16-19(17-11-7-6-8-12-17)18-13-9-10-14-20(18)23-22-21/h6-14,16,22H,3-5,15H2,1-2H3. The third-order valence-electron chi connectivity index (χ3n) is 4.65. The average Bonchev–Trinajstić information content (AvgIpc) is 2.79. The van der Waals surface area contributed by atoms with Gasteiger partial charge in [-0.15, -0.1) is 0 Å². The van der Waals surface area contributed by atoms with Crippen molar-refractivity contribution in [3.63, 3.8) is 0 Å². The third kappa shape index (κ3) is 3.54. The molecule has 0 saturated carbocycles. The van der Waals surface area contributed by atoms with E-state index in [9.17, 15) is 0 Å². The predicted octanol–water partition coefficient (Wildman–Crippen LogP) is 6.07. The summed E-state index contributed by atoms with van der Waals surface area (Å²) < 4.78 is 3.78. The van der Waals surface area contributed by atoms with Gasteiger partial charge in [-0.05, 0) is 47.6 Å². The number of benzene rings is 2. The van der Waals surface area contributed by atoms with Crippen molar-refractivity contribution in [1.29, 1.82) is 0 Å². The Morgan fingerprint density at radius 2 is 1.70 bits per heavy atom. The first-order valence-electron chi connectivity index (χ1n) is 8.59. The van der Waals surface area contributed by atoms with Crippen LogP contribution in [0.25, 0.3) is 5.57 Å². The Balaban J connectivity index is 2.12. The van der Waals surface area contributed by atoms with Gasteiger partial charge in [-0.2, -0.15) is 0 Å². The topological polar surface area (TPSA) is 12.0 Å². The van der Waals surface area contributed by atoms with Gasteiger partial charge in [-0.3, -0.25) is 0 Å². The quantitative estimate of drug-likeness (QED) is 0.670. The van der Waals surface area contributed by atoms with E-state index in [0.29, 0.717) is 0 Å². The zero-order chi connectivity index (χ0) is 16.1. The van der Waals surface area contributed by atoms with Crippen molar-refractivity contribution in [2.75, 3.05) is 0 Å². The highest BCUT2D eigenvalue weighted by atomic mass is 32.2. The lowest BCUT2D eigenvalue weighted by molar-refractivity contribution is 0.424. The highest BCUT2D eigenvalue weighted by molar-refractivity contribution is 7.97. The molecule has 2 heteroatoms. The molecule has 0 amide bonds. The van der Waals surface area contributed by atoms with E-state index in [2.05, 4.69) is 79.2 Å². The van der Waals surface area contributed by atoms with E-state index >= 15 is 0 Å². The zero-order valence-corrected chi connectivity index (χ0v) is 14.8. The van der Waals surface area contributed by atoms with Gasteiger partial charge in [0.15, 0.2) is 0 Å². The van der Waals surface area contributed by atoms with Crippen molar-refractivity contribution in [3.05, 3.63) is 71.8 Å². The normalized spacial score (nSPS) is 20.5. The highest BCUT2D eigenvalue weighted by Gasteiger charge is 2.29. The van der Waals surface area contributed by atoms with Crippen LogP contribution in [-0.4, -0.2) is 5.54 Å². The smallest absolute Gasteiger partial charge is 0.0471 e.